The number of hydrogen-bond donors (Lipinski definition) is 0. The van der Waals surface area contributed by atoms with Gasteiger partial charge in [-0.3, -0.25) is 0 Å². The van der Waals surface area contributed by atoms with Crippen LogP contribution >= 0.6 is 15.8 Å². The molecule has 0 aliphatic carbocycles. The van der Waals surface area contributed by atoms with Crippen LogP contribution in [0.25, 0.3) is 27.5 Å². The molecule has 3 heteroatoms. The van der Waals surface area contributed by atoms with Gasteiger partial charge in [-0.25, -0.2) is 0 Å². The third-order valence-corrected chi connectivity index (χ3v) is 13.2. The van der Waals surface area contributed by atoms with Gasteiger partial charge in [0, 0.05) is 16.5 Å². The molecule has 214 valence electrons. The van der Waals surface area contributed by atoms with E-state index in [1.54, 1.807) is 0 Å². The Morgan fingerprint density at radius 1 is 0.289 bits per heavy atom. The van der Waals surface area contributed by atoms with Gasteiger partial charge in [0.05, 0.1) is 11.0 Å². The van der Waals surface area contributed by atoms with Gasteiger partial charge in [0.15, 0.2) is 0 Å². The van der Waals surface area contributed by atoms with Gasteiger partial charge in [-0.2, -0.15) is 0 Å². The minimum absolute atomic E-state index is 0.717. The molecule has 8 rings (SSSR count). The van der Waals surface area contributed by atoms with Gasteiger partial charge in [0.2, 0.25) is 0 Å². The summed E-state index contributed by atoms with van der Waals surface area (Å²) in [5.74, 6) is 0. The van der Waals surface area contributed by atoms with E-state index in [1.807, 2.05) is 0 Å². The fourth-order valence-electron chi connectivity index (χ4n) is 6.34. The Hall–Kier alpha value is -4.80. The van der Waals surface area contributed by atoms with Crippen LogP contribution in [0.15, 0.2) is 188 Å². The molecule has 1 aromatic heterocycles. The Kier molecular flexibility index (Phi) is 7.58. The summed E-state index contributed by atoms with van der Waals surface area (Å²) in [6.07, 6.45) is 0. The third kappa shape index (κ3) is 5.30. The standard InChI is InChI=1S/C42H31NP2/c1-6-16-32(17-7-1)43-41-28-26-37(44(33-18-8-2-9-19-33)34-20-10-3-11-21-34)30-39(41)40-31-38(27-29-42(40)43)45(35-22-12-4-13-23-35)36-24-14-5-15-25-36/h1-31H. The van der Waals surface area contributed by atoms with Crippen LogP contribution in [-0.4, -0.2) is 4.57 Å². The first kappa shape index (κ1) is 27.7. The maximum atomic E-state index is 2.47. The maximum Gasteiger partial charge on any atom is 0.0541 e. The average molecular weight is 612 g/mol. The van der Waals surface area contributed by atoms with E-state index in [0.29, 0.717) is 0 Å². The highest BCUT2D eigenvalue weighted by molar-refractivity contribution is 7.80. The Morgan fingerprint density at radius 2 is 0.600 bits per heavy atom. The van der Waals surface area contributed by atoms with E-state index in [-0.39, 0.29) is 0 Å². The van der Waals surface area contributed by atoms with Crippen LogP contribution in [0.2, 0.25) is 0 Å². The molecule has 45 heavy (non-hydrogen) atoms. The van der Waals surface area contributed by atoms with Crippen molar-refractivity contribution in [2.45, 2.75) is 0 Å². The number of hydrogen-bond acceptors (Lipinski definition) is 0. The number of para-hydroxylation sites is 1. The lowest BCUT2D eigenvalue weighted by molar-refractivity contribution is 1.18. The van der Waals surface area contributed by atoms with Crippen molar-refractivity contribution in [2.24, 2.45) is 0 Å². The molecule has 0 spiro atoms. The molecule has 7 aromatic carbocycles. The zero-order chi connectivity index (χ0) is 30.0. The van der Waals surface area contributed by atoms with E-state index in [4.69, 9.17) is 0 Å². The molecule has 0 bridgehead atoms. The normalized spacial score (nSPS) is 11.5. The molecule has 0 N–H and O–H groups in total. The van der Waals surface area contributed by atoms with Crippen LogP contribution < -0.4 is 31.8 Å². The van der Waals surface area contributed by atoms with E-state index >= 15 is 0 Å². The Morgan fingerprint density at radius 3 is 0.933 bits per heavy atom. The van der Waals surface area contributed by atoms with Gasteiger partial charge in [-0.1, -0.05) is 152 Å². The first-order chi connectivity index (χ1) is 22.3. The fraction of sp³-hybridized carbons (Fsp3) is 0. The number of nitrogens with zero attached hydrogens (tertiary/aromatic N) is 1. The van der Waals surface area contributed by atoms with Gasteiger partial charge in [-0.05, 0) is 84.1 Å². The fourth-order valence-corrected chi connectivity index (χ4v) is 11.0. The first-order valence-electron chi connectivity index (χ1n) is 15.3. The third-order valence-electron chi connectivity index (χ3n) is 8.32. The summed E-state index contributed by atoms with van der Waals surface area (Å²) in [7, 11) is -1.43. The van der Waals surface area contributed by atoms with Gasteiger partial charge in [0.1, 0.15) is 0 Å². The van der Waals surface area contributed by atoms with Crippen molar-refractivity contribution in [3.63, 3.8) is 0 Å². The van der Waals surface area contributed by atoms with Crippen molar-refractivity contribution in [3.8, 4) is 5.69 Å². The van der Waals surface area contributed by atoms with Crippen molar-refractivity contribution in [1.82, 2.24) is 4.57 Å². The molecule has 0 fully saturated rings. The predicted molar refractivity (Wildman–Crippen MR) is 198 cm³/mol. The molecule has 8 aromatic rings. The minimum atomic E-state index is -0.717. The SMILES string of the molecule is c1ccc(-n2c3ccc(P(c4ccccc4)c4ccccc4)cc3c3cc(P(c4ccccc4)c4ccccc4)ccc32)cc1. The van der Waals surface area contributed by atoms with E-state index in [1.165, 1.54) is 59.3 Å². The molecule has 0 saturated heterocycles. The summed E-state index contributed by atoms with van der Waals surface area (Å²) in [4.78, 5) is 0. The highest BCUT2D eigenvalue weighted by atomic mass is 31.1. The largest absolute Gasteiger partial charge is 0.309 e. The predicted octanol–water partition coefficient (Wildman–Crippen LogP) is 8.30. The first-order valence-corrected chi connectivity index (χ1v) is 18.0. The molecular formula is C42H31NP2. The Labute approximate surface area is 266 Å². The van der Waals surface area contributed by atoms with E-state index in [0.717, 1.165) is 0 Å². The van der Waals surface area contributed by atoms with Crippen molar-refractivity contribution in [1.29, 1.82) is 0 Å². The number of rotatable bonds is 7. The lowest BCUT2D eigenvalue weighted by Crippen LogP contribution is -2.20. The van der Waals surface area contributed by atoms with E-state index in [9.17, 15) is 0 Å². The monoisotopic (exact) mass is 611 g/mol. The lowest BCUT2D eigenvalue weighted by Gasteiger charge is -2.20. The second-order valence-electron chi connectivity index (χ2n) is 11.1. The summed E-state index contributed by atoms with van der Waals surface area (Å²) in [6.45, 7) is 0. The number of aromatic nitrogens is 1. The van der Waals surface area contributed by atoms with Crippen LogP contribution in [0.3, 0.4) is 0 Å². The molecule has 0 radical (unpaired) electrons. The second kappa shape index (κ2) is 12.3. The summed E-state index contributed by atoms with van der Waals surface area (Å²) < 4.78 is 2.43. The van der Waals surface area contributed by atoms with Crippen molar-refractivity contribution >= 4 is 69.5 Å². The van der Waals surface area contributed by atoms with Crippen LogP contribution in [0, 0.1) is 0 Å². The van der Waals surface area contributed by atoms with Crippen LogP contribution in [0.1, 0.15) is 0 Å². The van der Waals surface area contributed by atoms with Crippen LogP contribution in [0.4, 0.5) is 0 Å². The van der Waals surface area contributed by atoms with Crippen molar-refractivity contribution in [3.05, 3.63) is 188 Å². The molecule has 0 aliphatic rings. The average Bonchev–Trinajstić information content (AvgIpc) is 3.44. The van der Waals surface area contributed by atoms with Crippen molar-refractivity contribution in [2.75, 3.05) is 0 Å². The van der Waals surface area contributed by atoms with Crippen LogP contribution in [-0.2, 0) is 0 Å². The lowest BCUT2D eigenvalue weighted by atomic mass is 10.1. The van der Waals surface area contributed by atoms with Gasteiger partial charge in [-0.15, -0.1) is 0 Å². The summed E-state index contributed by atoms with van der Waals surface area (Å²) >= 11 is 0. The summed E-state index contributed by atoms with van der Waals surface area (Å²) in [5.41, 5.74) is 3.65. The zero-order valence-electron chi connectivity index (χ0n) is 24.7. The van der Waals surface area contributed by atoms with Gasteiger partial charge in [0.25, 0.3) is 0 Å². The van der Waals surface area contributed by atoms with Gasteiger partial charge >= 0.3 is 0 Å². The molecule has 0 atom stereocenters. The Balaban J connectivity index is 1.39. The quantitative estimate of drug-likeness (QED) is 0.160. The molecule has 0 saturated carbocycles. The summed E-state index contributed by atoms with van der Waals surface area (Å²) in [5, 5.41) is 10.8. The highest BCUT2D eigenvalue weighted by Crippen LogP contribution is 2.39. The highest BCUT2D eigenvalue weighted by Gasteiger charge is 2.22. The molecule has 1 heterocycles. The Bertz CT molecular complexity index is 1980. The topological polar surface area (TPSA) is 4.93 Å². The summed E-state index contributed by atoms with van der Waals surface area (Å²) in [6, 6.07) is 69.1. The molecular weight excluding hydrogens is 580 g/mol. The molecule has 0 amide bonds. The molecule has 0 aliphatic heterocycles. The molecule has 1 nitrogen and oxygen atoms in total. The zero-order valence-corrected chi connectivity index (χ0v) is 26.5. The van der Waals surface area contributed by atoms with E-state index < -0.39 is 15.8 Å². The number of benzene rings is 7. The molecule has 0 unspecified atom stereocenters. The van der Waals surface area contributed by atoms with Crippen molar-refractivity contribution < 1.29 is 0 Å². The minimum Gasteiger partial charge on any atom is -0.309 e. The second-order valence-corrected chi connectivity index (χ2v) is 15.5. The van der Waals surface area contributed by atoms with E-state index in [2.05, 4.69) is 193 Å². The maximum absolute atomic E-state index is 2.47. The van der Waals surface area contributed by atoms with Crippen LogP contribution in [0.5, 0.6) is 0 Å². The smallest absolute Gasteiger partial charge is 0.0541 e. The number of fused-ring (bicyclic) bond motifs is 3. The van der Waals surface area contributed by atoms with Gasteiger partial charge < -0.3 is 4.57 Å².